The first-order chi connectivity index (χ1) is 13.4. The third kappa shape index (κ3) is 4.44. The van der Waals surface area contributed by atoms with Crippen LogP contribution < -0.4 is 10.1 Å². The highest BCUT2D eigenvalue weighted by atomic mass is 35.5. The second-order valence-corrected chi connectivity index (χ2v) is 7.00. The Hall–Kier alpha value is -3.04. The molecule has 3 rings (SSSR count). The highest BCUT2D eigenvalue weighted by Crippen LogP contribution is 2.37. The first-order valence-electron chi connectivity index (χ1n) is 8.06. The molecular formula is C18H14ClN3O5S. The van der Waals surface area contributed by atoms with Crippen LogP contribution in [-0.4, -0.2) is 27.7 Å². The van der Waals surface area contributed by atoms with E-state index in [1.165, 1.54) is 12.1 Å². The van der Waals surface area contributed by atoms with Crippen LogP contribution in [0.3, 0.4) is 0 Å². The van der Waals surface area contributed by atoms with Gasteiger partial charge in [-0.15, -0.1) is 0 Å². The lowest BCUT2D eigenvalue weighted by molar-refractivity contribution is -0.385. The fraction of sp³-hybridized carbons (Fsp3) is 0.111. The molecule has 10 heteroatoms. The van der Waals surface area contributed by atoms with Crippen LogP contribution in [0.2, 0.25) is 5.02 Å². The van der Waals surface area contributed by atoms with E-state index in [1.54, 1.807) is 24.3 Å². The molecule has 0 spiro atoms. The van der Waals surface area contributed by atoms with E-state index in [9.17, 15) is 20.0 Å². The summed E-state index contributed by atoms with van der Waals surface area (Å²) in [6.45, 7) is 2.45. The van der Waals surface area contributed by atoms with Crippen LogP contribution in [0.4, 0.5) is 11.4 Å². The average molecular weight is 420 g/mol. The number of phenols is 1. The lowest BCUT2D eigenvalue weighted by atomic mass is 10.1. The Balaban J connectivity index is 1.86. The zero-order chi connectivity index (χ0) is 20.3. The number of carbonyl (C=O) groups excluding carboxylic acids is 1. The number of nitrogens with zero attached hydrogens (tertiary/aromatic N) is 2. The molecular weight excluding hydrogens is 406 g/mol. The van der Waals surface area contributed by atoms with Gasteiger partial charge in [-0.1, -0.05) is 11.6 Å². The van der Waals surface area contributed by atoms with Crippen LogP contribution in [0.1, 0.15) is 12.5 Å². The first-order valence-corrected chi connectivity index (χ1v) is 9.26. The molecule has 0 radical (unpaired) electrons. The number of aliphatic imine (C=N–C) groups is 1. The number of benzene rings is 2. The van der Waals surface area contributed by atoms with Gasteiger partial charge in [-0.05, 0) is 55.1 Å². The summed E-state index contributed by atoms with van der Waals surface area (Å²) in [5.41, 5.74) is 0.152. The topological polar surface area (TPSA) is 114 Å². The standard InChI is InChI=1S/C18H14ClN3O5S/c1-2-27-13-5-3-12(4-6-13)20-18-21-17(24)15(28-18)8-10-7-11(19)9-14(16(10)23)22(25)26/h3-9,23H,2H2,1H3,(H,20,21,24)/b15-8-. The Labute approximate surface area is 169 Å². The van der Waals surface area contributed by atoms with Crippen LogP contribution in [-0.2, 0) is 4.79 Å². The third-order valence-corrected chi connectivity index (χ3v) is 4.72. The predicted molar refractivity (Wildman–Crippen MR) is 108 cm³/mol. The number of aromatic hydroxyl groups is 1. The molecule has 1 aliphatic heterocycles. The van der Waals surface area contributed by atoms with E-state index in [0.29, 0.717) is 23.2 Å². The van der Waals surface area contributed by atoms with Gasteiger partial charge in [0.05, 0.1) is 22.1 Å². The van der Waals surface area contributed by atoms with Crippen LogP contribution in [0.25, 0.3) is 6.08 Å². The fourth-order valence-electron chi connectivity index (χ4n) is 2.38. The van der Waals surface area contributed by atoms with E-state index in [4.69, 9.17) is 16.3 Å². The van der Waals surface area contributed by atoms with E-state index >= 15 is 0 Å². The molecule has 0 aliphatic carbocycles. The normalized spacial score (nSPS) is 16.4. The minimum absolute atomic E-state index is 0.0687. The average Bonchev–Trinajstić information content (AvgIpc) is 2.98. The third-order valence-electron chi connectivity index (χ3n) is 3.60. The molecule has 144 valence electrons. The Morgan fingerprint density at radius 1 is 1.36 bits per heavy atom. The molecule has 0 aromatic heterocycles. The molecule has 8 nitrogen and oxygen atoms in total. The fourth-order valence-corrected chi connectivity index (χ4v) is 3.43. The summed E-state index contributed by atoms with van der Waals surface area (Å²) in [4.78, 5) is 27.0. The van der Waals surface area contributed by atoms with Crippen LogP contribution in [0.5, 0.6) is 11.5 Å². The van der Waals surface area contributed by atoms with Gasteiger partial charge in [0, 0.05) is 16.7 Å². The molecule has 2 N–H and O–H groups in total. The highest BCUT2D eigenvalue weighted by Gasteiger charge is 2.26. The van der Waals surface area contributed by atoms with E-state index in [2.05, 4.69) is 10.3 Å². The van der Waals surface area contributed by atoms with Gasteiger partial charge < -0.3 is 15.2 Å². The number of nitro benzene ring substituents is 1. The Kier molecular flexibility index (Phi) is 5.86. The predicted octanol–water partition coefficient (Wildman–Crippen LogP) is 4.24. The van der Waals surface area contributed by atoms with Crippen LogP contribution in [0.15, 0.2) is 46.3 Å². The van der Waals surface area contributed by atoms with Crippen molar-refractivity contribution in [3.05, 3.63) is 62.0 Å². The summed E-state index contributed by atoms with van der Waals surface area (Å²) in [5, 5.41) is 24.1. The van der Waals surface area contributed by atoms with Crippen LogP contribution in [0, 0.1) is 10.1 Å². The van der Waals surface area contributed by atoms with Crippen molar-refractivity contribution in [1.82, 2.24) is 5.32 Å². The van der Waals surface area contributed by atoms with Gasteiger partial charge in [0.25, 0.3) is 5.91 Å². The number of thioether (sulfide) groups is 1. The summed E-state index contributed by atoms with van der Waals surface area (Å²) in [5.74, 6) is -0.280. The largest absolute Gasteiger partial charge is 0.502 e. The monoisotopic (exact) mass is 419 g/mol. The number of ether oxygens (including phenoxy) is 1. The van der Waals surface area contributed by atoms with Gasteiger partial charge in [0.1, 0.15) is 5.75 Å². The van der Waals surface area contributed by atoms with E-state index in [-0.39, 0.29) is 15.5 Å². The van der Waals surface area contributed by atoms with E-state index in [0.717, 1.165) is 17.8 Å². The smallest absolute Gasteiger partial charge is 0.312 e. The zero-order valence-electron chi connectivity index (χ0n) is 14.5. The van der Waals surface area contributed by atoms with Gasteiger partial charge in [0.2, 0.25) is 5.75 Å². The Morgan fingerprint density at radius 3 is 2.71 bits per heavy atom. The molecule has 1 aliphatic rings. The molecule has 0 saturated carbocycles. The van der Waals surface area contributed by atoms with Gasteiger partial charge in [0.15, 0.2) is 5.17 Å². The molecule has 1 saturated heterocycles. The van der Waals surface area contributed by atoms with Crippen molar-refractivity contribution in [2.24, 2.45) is 4.99 Å². The van der Waals surface area contributed by atoms with Crippen molar-refractivity contribution in [2.45, 2.75) is 6.92 Å². The van der Waals surface area contributed by atoms with E-state index in [1.807, 2.05) is 6.92 Å². The lowest BCUT2D eigenvalue weighted by Crippen LogP contribution is -2.19. The number of nitro groups is 1. The number of phenolic OH excluding ortho intramolecular Hbond substituents is 1. The summed E-state index contributed by atoms with van der Waals surface area (Å²) in [7, 11) is 0. The maximum atomic E-state index is 12.2. The maximum Gasteiger partial charge on any atom is 0.312 e. The van der Waals surface area contributed by atoms with Crippen molar-refractivity contribution < 1.29 is 19.6 Å². The lowest BCUT2D eigenvalue weighted by Gasteiger charge is -2.02. The summed E-state index contributed by atoms with van der Waals surface area (Å²) in [6.07, 6.45) is 1.33. The maximum absolute atomic E-state index is 12.2. The molecule has 1 fully saturated rings. The number of carbonyl (C=O) groups is 1. The zero-order valence-corrected chi connectivity index (χ0v) is 16.1. The SMILES string of the molecule is CCOc1ccc(N=C2NC(=O)/C(=C/c3cc(Cl)cc([N+](=O)[O-])c3O)S2)cc1. The van der Waals surface area contributed by atoms with Gasteiger partial charge in [-0.2, -0.15) is 0 Å². The van der Waals surface area contributed by atoms with Crippen molar-refractivity contribution >= 4 is 51.9 Å². The summed E-state index contributed by atoms with van der Waals surface area (Å²) < 4.78 is 5.36. The molecule has 0 bridgehead atoms. The van der Waals surface area contributed by atoms with Crippen molar-refractivity contribution in [2.75, 3.05) is 6.61 Å². The Morgan fingerprint density at radius 2 is 2.07 bits per heavy atom. The minimum Gasteiger partial charge on any atom is -0.502 e. The number of nitrogens with one attached hydrogen (secondary N) is 1. The molecule has 28 heavy (non-hydrogen) atoms. The number of amidine groups is 1. The van der Waals surface area contributed by atoms with Gasteiger partial charge >= 0.3 is 5.69 Å². The molecule has 0 unspecified atom stereocenters. The Bertz CT molecular complexity index is 1010. The van der Waals surface area contributed by atoms with E-state index < -0.39 is 22.3 Å². The van der Waals surface area contributed by atoms with Crippen molar-refractivity contribution in [3.63, 3.8) is 0 Å². The van der Waals surface area contributed by atoms with Crippen LogP contribution >= 0.6 is 23.4 Å². The number of halogens is 1. The second kappa shape index (κ2) is 8.32. The van der Waals surface area contributed by atoms with Gasteiger partial charge in [-0.3, -0.25) is 14.9 Å². The highest BCUT2D eigenvalue weighted by molar-refractivity contribution is 8.18. The molecule has 2 aromatic rings. The second-order valence-electron chi connectivity index (χ2n) is 5.53. The molecule has 0 atom stereocenters. The quantitative estimate of drug-likeness (QED) is 0.425. The number of amides is 1. The minimum atomic E-state index is -0.746. The molecule has 1 heterocycles. The number of hydrogen-bond donors (Lipinski definition) is 2. The first kappa shape index (κ1) is 19.7. The summed E-state index contributed by atoms with van der Waals surface area (Å²) in [6, 6.07) is 9.41. The summed E-state index contributed by atoms with van der Waals surface area (Å²) >= 11 is 6.92. The molecule has 2 aromatic carbocycles. The van der Waals surface area contributed by atoms with Gasteiger partial charge in [-0.25, -0.2) is 4.99 Å². The number of rotatable bonds is 5. The van der Waals surface area contributed by atoms with Crippen molar-refractivity contribution in [3.8, 4) is 11.5 Å². The number of hydrogen-bond acceptors (Lipinski definition) is 7. The van der Waals surface area contributed by atoms with Crippen molar-refractivity contribution in [1.29, 1.82) is 0 Å². The molecule has 1 amide bonds.